The summed E-state index contributed by atoms with van der Waals surface area (Å²) in [5.41, 5.74) is -9.25. The number of aliphatic hydroxyl groups is 3. The molecule has 0 heterocycles. The number of hydrogen-bond acceptors (Lipinski definition) is 3. The predicted molar refractivity (Wildman–Crippen MR) is 111 cm³/mol. The molecular formula is C21H19F27NO3+. The smallest absolute Gasteiger partial charge is 0.391 e. The minimum absolute atomic E-state index is 0.725. The molecular weight excluding hydrogens is 827 g/mol. The Morgan fingerprint density at radius 1 is 0.404 bits per heavy atom. The van der Waals surface area contributed by atoms with Gasteiger partial charge < -0.3 is 19.8 Å². The molecule has 31 heteroatoms. The van der Waals surface area contributed by atoms with Gasteiger partial charge in [-0.1, -0.05) is 0 Å². The van der Waals surface area contributed by atoms with Crippen LogP contribution in [0.4, 0.5) is 119 Å². The van der Waals surface area contributed by atoms with Gasteiger partial charge in [-0.05, 0) is 0 Å². The molecule has 314 valence electrons. The Hall–Kier alpha value is -2.05. The minimum Gasteiger partial charge on any atom is -0.391 e. The Bertz CT molecular complexity index is 1200. The van der Waals surface area contributed by atoms with Crippen LogP contribution in [0.25, 0.3) is 0 Å². The number of rotatable bonds is 18. The van der Waals surface area contributed by atoms with Crippen LogP contribution in [-0.2, 0) is 0 Å². The highest BCUT2D eigenvalue weighted by molar-refractivity contribution is 5.21. The summed E-state index contributed by atoms with van der Waals surface area (Å²) in [6.45, 7) is -4.91. The Morgan fingerprint density at radius 3 is 0.865 bits per heavy atom. The zero-order valence-corrected chi connectivity index (χ0v) is 24.3. The van der Waals surface area contributed by atoms with Gasteiger partial charge in [0.15, 0.2) is 0 Å². The van der Waals surface area contributed by atoms with Crippen LogP contribution < -0.4 is 0 Å². The standard InChI is InChI=1S/C21H19F27NO3/c1-49(2-4-50,3-5-51)7-8(52)6-9(22,23)11(25,26)13(29,30)15(33,34)17(37,38)19(41,42)18(39,40)16(35,36)14(31,32)12(27,28)10(24,20(43,44)45)21(46,47)48/h8,50-52H,2-7H2,1H3/q+1. The van der Waals surface area contributed by atoms with Gasteiger partial charge in [-0.3, -0.25) is 0 Å². The average molecular weight is 846 g/mol. The summed E-state index contributed by atoms with van der Waals surface area (Å²) in [5.74, 6) is -92.8. The molecule has 52 heavy (non-hydrogen) atoms. The van der Waals surface area contributed by atoms with Crippen LogP contribution in [-0.4, -0.2) is 143 Å². The summed E-state index contributed by atoms with van der Waals surface area (Å²) in [6.07, 6.45) is -24.0. The molecule has 0 saturated heterocycles. The molecule has 0 aliphatic carbocycles. The first-order chi connectivity index (χ1) is 22.2. The molecule has 0 aromatic carbocycles. The number of halogens is 27. The summed E-state index contributed by atoms with van der Waals surface area (Å²) < 4.78 is 367. The third kappa shape index (κ3) is 6.88. The highest BCUT2D eigenvalue weighted by atomic mass is 19.4. The molecule has 0 aliphatic heterocycles. The van der Waals surface area contributed by atoms with Gasteiger partial charge in [-0.25, -0.2) is 4.39 Å². The molecule has 0 aliphatic rings. The Morgan fingerprint density at radius 2 is 0.635 bits per heavy atom. The lowest BCUT2D eigenvalue weighted by Crippen LogP contribution is -2.79. The molecule has 0 amide bonds. The van der Waals surface area contributed by atoms with Crippen molar-refractivity contribution < 1.29 is 138 Å². The van der Waals surface area contributed by atoms with Crippen molar-refractivity contribution in [2.75, 3.05) is 39.9 Å². The van der Waals surface area contributed by atoms with Crippen molar-refractivity contribution in [3.8, 4) is 0 Å². The van der Waals surface area contributed by atoms with E-state index in [0.717, 1.165) is 7.05 Å². The van der Waals surface area contributed by atoms with E-state index in [1.54, 1.807) is 0 Å². The zero-order valence-electron chi connectivity index (χ0n) is 24.3. The maximum atomic E-state index is 14.2. The molecule has 0 saturated carbocycles. The lowest BCUT2D eigenvalue weighted by molar-refractivity contribution is -0.913. The van der Waals surface area contributed by atoms with Gasteiger partial charge in [0.05, 0.1) is 20.3 Å². The molecule has 0 bridgehead atoms. The topological polar surface area (TPSA) is 60.7 Å². The van der Waals surface area contributed by atoms with Gasteiger partial charge in [-0.15, -0.1) is 0 Å². The van der Waals surface area contributed by atoms with Gasteiger partial charge in [-0.2, -0.15) is 114 Å². The maximum absolute atomic E-state index is 14.2. The van der Waals surface area contributed by atoms with Crippen molar-refractivity contribution in [2.45, 2.75) is 89.8 Å². The van der Waals surface area contributed by atoms with Crippen LogP contribution in [0.5, 0.6) is 0 Å². The van der Waals surface area contributed by atoms with Crippen LogP contribution >= 0.6 is 0 Å². The van der Waals surface area contributed by atoms with Crippen molar-refractivity contribution in [1.29, 1.82) is 0 Å². The molecule has 3 N–H and O–H groups in total. The molecule has 0 radical (unpaired) electrons. The number of quaternary nitrogens is 1. The second-order valence-electron chi connectivity index (χ2n) is 11.1. The first-order valence-corrected chi connectivity index (χ1v) is 12.6. The van der Waals surface area contributed by atoms with Gasteiger partial charge in [0, 0.05) is 6.42 Å². The monoisotopic (exact) mass is 846 g/mol. The molecule has 4 nitrogen and oxygen atoms in total. The summed E-state index contributed by atoms with van der Waals surface area (Å²) in [7, 11) is 0.784. The van der Waals surface area contributed by atoms with Crippen molar-refractivity contribution >= 4 is 0 Å². The lowest BCUT2D eigenvalue weighted by atomic mass is 9.81. The first-order valence-electron chi connectivity index (χ1n) is 12.6. The van der Waals surface area contributed by atoms with E-state index in [-0.39, 0.29) is 0 Å². The molecule has 0 aromatic rings. The van der Waals surface area contributed by atoms with E-state index >= 15 is 0 Å². The van der Waals surface area contributed by atoms with E-state index in [4.69, 9.17) is 10.2 Å². The third-order valence-electron chi connectivity index (χ3n) is 7.25. The normalized spacial score (nSPS) is 17.1. The van der Waals surface area contributed by atoms with E-state index in [1.807, 2.05) is 0 Å². The third-order valence-corrected chi connectivity index (χ3v) is 7.25. The number of alkyl halides is 27. The van der Waals surface area contributed by atoms with E-state index in [9.17, 15) is 124 Å². The summed E-state index contributed by atoms with van der Waals surface area (Å²) in [4.78, 5) is 0. The number of nitrogens with zero attached hydrogens (tertiary/aromatic N) is 1. The van der Waals surface area contributed by atoms with Crippen molar-refractivity contribution in [3.05, 3.63) is 0 Å². The number of likely N-dealkylation sites (N-methyl/N-ethyl adjacent to an activating group) is 1. The minimum atomic E-state index is -9.89. The van der Waals surface area contributed by atoms with Gasteiger partial charge in [0.25, 0.3) is 0 Å². The summed E-state index contributed by atoms with van der Waals surface area (Å²) in [5, 5.41) is 27.4. The van der Waals surface area contributed by atoms with E-state index < -0.39 is 127 Å². The molecule has 0 fully saturated rings. The fourth-order valence-corrected chi connectivity index (χ4v) is 4.12. The predicted octanol–water partition coefficient (Wildman–Crippen LogP) is 7.35. The van der Waals surface area contributed by atoms with Crippen LogP contribution in [0.2, 0.25) is 0 Å². The largest absolute Gasteiger partial charge is 0.438 e. The van der Waals surface area contributed by atoms with Crippen molar-refractivity contribution in [2.24, 2.45) is 0 Å². The van der Waals surface area contributed by atoms with Crippen LogP contribution in [0.1, 0.15) is 6.42 Å². The van der Waals surface area contributed by atoms with Crippen LogP contribution in [0.3, 0.4) is 0 Å². The van der Waals surface area contributed by atoms with E-state index in [2.05, 4.69) is 0 Å². The quantitative estimate of drug-likeness (QED) is 0.100. The lowest BCUT2D eigenvalue weighted by Gasteiger charge is -2.46. The number of hydrogen-bond donors (Lipinski definition) is 3. The second kappa shape index (κ2) is 13.6. The van der Waals surface area contributed by atoms with Crippen LogP contribution in [0.15, 0.2) is 0 Å². The Kier molecular flexibility index (Phi) is 13.1. The summed E-state index contributed by atoms with van der Waals surface area (Å²) in [6, 6.07) is 0. The van der Waals surface area contributed by atoms with Gasteiger partial charge in [0.2, 0.25) is 0 Å². The summed E-state index contributed by atoms with van der Waals surface area (Å²) >= 11 is 0. The molecule has 1 atom stereocenters. The molecule has 0 spiro atoms. The highest BCUT2D eigenvalue weighted by Crippen LogP contribution is 2.69. The molecule has 1 unspecified atom stereocenters. The molecule has 0 aromatic heterocycles. The average Bonchev–Trinajstić information content (AvgIpc) is 2.89. The fourth-order valence-electron chi connectivity index (χ4n) is 4.12. The van der Waals surface area contributed by atoms with Crippen LogP contribution in [0, 0.1) is 0 Å². The molecule has 0 rings (SSSR count). The maximum Gasteiger partial charge on any atom is 0.438 e. The number of aliphatic hydroxyl groups excluding tert-OH is 3. The SMILES string of the molecule is C[N+](CCO)(CCO)CC(O)CC(F)(F)C(F)(F)C(F)(F)C(F)(F)C(F)(F)C(F)(F)C(F)(F)C(F)(F)C(F)(F)C(F)(F)C(F)(C(F)(F)F)C(F)(F)F. The zero-order chi connectivity index (χ0) is 42.8. The van der Waals surface area contributed by atoms with Gasteiger partial charge >= 0.3 is 77.2 Å². The second-order valence-corrected chi connectivity index (χ2v) is 11.1. The van der Waals surface area contributed by atoms with E-state index in [0.29, 0.717) is 0 Å². The van der Waals surface area contributed by atoms with Gasteiger partial charge in [0.1, 0.15) is 25.7 Å². The highest BCUT2D eigenvalue weighted by Gasteiger charge is 3.01. The van der Waals surface area contributed by atoms with Crippen molar-refractivity contribution in [3.63, 3.8) is 0 Å². The van der Waals surface area contributed by atoms with Crippen molar-refractivity contribution in [1.82, 2.24) is 0 Å². The Balaban J connectivity index is 7.34. The fraction of sp³-hybridized carbons (Fsp3) is 1.00. The Labute approximate surface area is 269 Å². The van der Waals surface area contributed by atoms with E-state index in [1.165, 1.54) is 0 Å². The first kappa shape index (κ1) is 49.9.